The van der Waals surface area contributed by atoms with Gasteiger partial charge in [-0.25, -0.2) is 4.79 Å². The fourth-order valence-corrected chi connectivity index (χ4v) is 2.13. The molecule has 0 aliphatic heterocycles. The van der Waals surface area contributed by atoms with Crippen LogP contribution in [0, 0.1) is 6.92 Å². The zero-order valence-corrected chi connectivity index (χ0v) is 10.6. The monoisotopic (exact) mass is 258 g/mol. The van der Waals surface area contributed by atoms with Gasteiger partial charge in [0.2, 0.25) is 0 Å². The van der Waals surface area contributed by atoms with Gasteiger partial charge >= 0.3 is 5.97 Å². The lowest BCUT2D eigenvalue weighted by atomic mass is 10.0. The standard InChI is InChI=1S/C11H14O5S/c1-7-6-9(4-5-10(7)11(12)13)8(2)16-17(3,14)15/h4-6,8H,1-3H3,(H,12,13)/t8-/m0/s1. The Morgan fingerprint density at radius 2 is 2.00 bits per heavy atom. The normalized spacial score (nSPS) is 13.4. The van der Waals surface area contributed by atoms with Gasteiger partial charge in [-0.15, -0.1) is 0 Å². The topological polar surface area (TPSA) is 80.7 Å². The van der Waals surface area contributed by atoms with Crippen molar-refractivity contribution in [3.8, 4) is 0 Å². The van der Waals surface area contributed by atoms with Crippen molar-refractivity contribution in [2.45, 2.75) is 20.0 Å². The van der Waals surface area contributed by atoms with E-state index in [2.05, 4.69) is 0 Å². The first-order valence-corrected chi connectivity index (χ1v) is 6.74. The van der Waals surface area contributed by atoms with E-state index in [4.69, 9.17) is 9.29 Å². The second-order valence-corrected chi connectivity index (χ2v) is 5.42. The van der Waals surface area contributed by atoms with E-state index in [1.807, 2.05) is 0 Å². The van der Waals surface area contributed by atoms with Crippen LogP contribution in [0.3, 0.4) is 0 Å². The molecule has 94 valence electrons. The highest BCUT2D eigenvalue weighted by molar-refractivity contribution is 7.86. The SMILES string of the molecule is Cc1cc([C@H](C)OS(C)(=O)=O)ccc1C(=O)O. The molecule has 5 nitrogen and oxygen atoms in total. The summed E-state index contributed by atoms with van der Waals surface area (Å²) < 4.78 is 26.7. The second kappa shape index (κ2) is 4.85. The molecule has 0 amide bonds. The Hall–Kier alpha value is -1.40. The Balaban J connectivity index is 3.02. The molecule has 0 aromatic heterocycles. The quantitative estimate of drug-likeness (QED) is 0.832. The van der Waals surface area contributed by atoms with Crippen LogP contribution in [0.4, 0.5) is 0 Å². The summed E-state index contributed by atoms with van der Waals surface area (Å²) in [5.74, 6) is -1.01. The lowest BCUT2D eigenvalue weighted by Gasteiger charge is -2.12. The zero-order valence-electron chi connectivity index (χ0n) is 9.80. The zero-order chi connectivity index (χ0) is 13.2. The van der Waals surface area contributed by atoms with Gasteiger partial charge < -0.3 is 5.11 Å². The number of carboxylic acid groups (broad SMARTS) is 1. The molecule has 0 saturated heterocycles. The lowest BCUT2D eigenvalue weighted by Crippen LogP contribution is -2.08. The Morgan fingerprint density at radius 3 is 2.41 bits per heavy atom. The predicted octanol–water partition coefficient (Wildman–Crippen LogP) is 1.73. The largest absolute Gasteiger partial charge is 0.478 e. The van der Waals surface area contributed by atoms with Gasteiger partial charge in [0.1, 0.15) is 0 Å². The molecule has 6 heteroatoms. The third-order valence-electron chi connectivity index (χ3n) is 2.27. The molecule has 0 heterocycles. The number of aromatic carboxylic acids is 1. The predicted molar refractivity (Wildman–Crippen MR) is 62.5 cm³/mol. The van der Waals surface area contributed by atoms with E-state index in [1.54, 1.807) is 26.0 Å². The maximum atomic E-state index is 11.0. The van der Waals surface area contributed by atoms with Crippen LogP contribution in [0.5, 0.6) is 0 Å². The van der Waals surface area contributed by atoms with E-state index in [1.165, 1.54) is 6.07 Å². The Bertz CT molecular complexity index is 533. The van der Waals surface area contributed by atoms with Crippen LogP contribution in [-0.4, -0.2) is 25.7 Å². The van der Waals surface area contributed by atoms with Crippen LogP contribution in [-0.2, 0) is 14.3 Å². The highest BCUT2D eigenvalue weighted by Gasteiger charge is 2.15. The minimum Gasteiger partial charge on any atom is -0.478 e. The minimum absolute atomic E-state index is 0.195. The van der Waals surface area contributed by atoms with Gasteiger partial charge in [-0.05, 0) is 31.0 Å². The number of hydrogen-bond acceptors (Lipinski definition) is 4. The summed E-state index contributed by atoms with van der Waals surface area (Å²) >= 11 is 0. The number of hydrogen-bond donors (Lipinski definition) is 1. The van der Waals surface area contributed by atoms with Crippen molar-refractivity contribution in [1.29, 1.82) is 0 Å². The van der Waals surface area contributed by atoms with E-state index < -0.39 is 22.2 Å². The van der Waals surface area contributed by atoms with Gasteiger partial charge in [-0.1, -0.05) is 12.1 Å². The summed E-state index contributed by atoms with van der Waals surface area (Å²) in [7, 11) is -3.53. The Kier molecular flexibility index (Phi) is 3.90. The molecular weight excluding hydrogens is 244 g/mol. The molecule has 1 N–H and O–H groups in total. The van der Waals surface area contributed by atoms with Crippen molar-refractivity contribution >= 4 is 16.1 Å². The summed E-state index contributed by atoms with van der Waals surface area (Å²) in [6, 6.07) is 4.60. The van der Waals surface area contributed by atoms with Crippen LogP contribution in [0.25, 0.3) is 0 Å². The summed E-state index contributed by atoms with van der Waals surface area (Å²) in [5, 5.41) is 8.85. The molecular formula is C11H14O5S. The summed E-state index contributed by atoms with van der Waals surface area (Å²) in [6.45, 7) is 3.25. The maximum absolute atomic E-state index is 11.0. The Morgan fingerprint density at radius 1 is 1.41 bits per heavy atom. The van der Waals surface area contributed by atoms with Crippen molar-refractivity contribution in [1.82, 2.24) is 0 Å². The fourth-order valence-electron chi connectivity index (χ4n) is 1.50. The van der Waals surface area contributed by atoms with E-state index in [-0.39, 0.29) is 5.56 Å². The average molecular weight is 258 g/mol. The van der Waals surface area contributed by atoms with Crippen molar-refractivity contribution in [2.24, 2.45) is 0 Å². The number of carbonyl (C=O) groups is 1. The van der Waals surface area contributed by atoms with E-state index in [0.717, 1.165) is 6.26 Å². The highest BCUT2D eigenvalue weighted by Crippen LogP contribution is 2.21. The van der Waals surface area contributed by atoms with E-state index in [9.17, 15) is 13.2 Å². The minimum atomic E-state index is -3.53. The van der Waals surface area contributed by atoms with Crippen LogP contribution in [0.15, 0.2) is 18.2 Å². The van der Waals surface area contributed by atoms with Gasteiger partial charge in [-0.3, -0.25) is 4.18 Å². The lowest BCUT2D eigenvalue weighted by molar-refractivity contribution is 0.0696. The molecule has 1 atom stereocenters. The first-order chi connectivity index (χ1) is 7.70. The molecule has 0 bridgehead atoms. The summed E-state index contributed by atoms with van der Waals surface area (Å²) in [5.41, 5.74) is 1.39. The smallest absolute Gasteiger partial charge is 0.335 e. The van der Waals surface area contributed by atoms with Gasteiger partial charge in [0, 0.05) is 0 Å². The molecule has 0 saturated carbocycles. The Labute approximate surface area is 100 Å². The van der Waals surface area contributed by atoms with Gasteiger partial charge in [0.15, 0.2) is 0 Å². The van der Waals surface area contributed by atoms with Crippen molar-refractivity contribution in [2.75, 3.05) is 6.26 Å². The van der Waals surface area contributed by atoms with Crippen LogP contribution in [0.1, 0.15) is 34.5 Å². The third kappa shape index (κ3) is 3.83. The molecule has 0 unspecified atom stereocenters. The fraction of sp³-hybridized carbons (Fsp3) is 0.364. The number of rotatable bonds is 4. The summed E-state index contributed by atoms with van der Waals surface area (Å²) in [4.78, 5) is 10.8. The molecule has 0 aliphatic rings. The first kappa shape index (κ1) is 13.7. The highest BCUT2D eigenvalue weighted by atomic mass is 32.2. The third-order valence-corrected chi connectivity index (χ3v) is 2.91. The molecule has 0 fully saturated rings. The molecule has 1 rings (SSSR count). The first-order valence-electron chi connectivity index (χ1n) is 4.93. The van der Waals surface area contributed by atoms with Crippen molar-refractivity contribution in [3.63, 3.8) is 0 Å². The van der Waals surface area contributed by atoms with Gasteiger partial charge in [0.05, 0.1) is 17.9 Å². The maximum Gasteiger partial charge on any atom is 0.335 e. The number of aryl methyl sites for hydroxylation is 1. The molecule has 17 heavy (non-hydrogen) atoms. The molecule has 0 aliphatic carbocycles. The van der Waals surface area contributed by atoms with Crippen molar-refractivity contribution in [3.05, 3.63) is 34.9 Å². The molecule has 1 aromatic carbocycles. The van der Waals surface area contributed by atoms with Gasteiger partial charge in [-0.2, -0.15) is 8.42 Å². The van der Waals surface area contributed by atoms with E-state index >= 15 is 0 Å². The second-order valence-electron chi connectivity index (χ2n) is 3.82. The van der Waals surface area contributed by atoms with Crippen LogP contribution >= 0.6 is 0 Å². The van der Waals surface area contributed by atoms with Crippen LogP contribution < -0.4 is 0 Å². The number of carboxylic acids is 1. The van der Waals surface area contributed by atoms with Gasteiger partial charge in [0.25, 0.3) is 10.1 Å². The molecule has 0 radical (unpaired) electrons. The molecule has 1 aromatic rings. The van der Waals surface area contributed by atoms with Crippen molar-refractivity contribution < 1.29 is 22.5 Å². The van der Waals surface area contributed by atoms with Crippen LogP contribution in [0.2, 0.25) is 0 Å². The number of benzene rings is 1. The summed E-state index contributed by atoms with van der Waals surface area (Å²) in [6.07, 6.45) is 0.341. The van der Waals surface area contributed by atoms with E-state index in [0.29, 0.717) is 11.1 Å². The molecule has 0 spiro atoms. The average Bonchev–Trinajstić information content (AvgIpc) is 2.14.